The molecule has 0 atom stereocenters. The first-order chi connectivity index (χ1) is 13.6. The van der Waals surface area contributed by atoms with Crippen LogP contribution in [0.4, 0.5) is 10.8 Å². The van der Waals surface area contributed by atoms with Crippen LogP contribution in [0.3, 0.4) is 0 Å². The largest absolute Gasteiger partial charge is 0.420 e. The molecule has 0 saturated heterocycles. The summed E-state index contributed by atoms with van der Waals surface area (Å²) in [6, 6.07) is 9.73. The van der Waals surface area contributed by atoms with Crippen LogP contribution >= 0.6 is 11.3 Å². The molecule has 2 N–H and O–H groups in total. The minimum absolute atomic E-state index is 0.201. The average molecular weight is 394 g/mol. The van der Waals surface area contributed by atoms with E-state index in [1.54, 1.807) is 19.2 Å². The Kier molecular flexibility index (Phi) is 4.89. The van der Waals surface area contributed by atoms with Gasteiger partial charge in [-0.15, -0.1) is 10.2 Å². The molecule has 0 amide bonds. The molecule has 7 nitrogen and oxygen atoms in total. The zero-order valence-corrected chi connectivity index (χ0v) is 16.2. The van der Waals surface area contributed by atoms with Crippen molar-refractivity contribution in [2.75, 3.05) is 5.32 Å². The lowest BCUT2D eigenvalue weighted by atomic mass is 10.1. The van der Waals surface area contributed by atoms with Crippen molar-refractivity contribution >= 4 is 33.1 Å². The Morgan fingerprint density at radius 2 is 2.11 bits per heavy atom. The third kappa shape index (κ3) is 3.39. The van der Waals surface area contributed by atoms with Gasteiger partial charge in [0.25, 0.3) is 0 Å². The zero-order valence-electron chi connectivity index (χ0n) is 15.4. The summed E-state index contributed by atoms with van der Waals surface area (Å²) in [7, 11) is 0. The van der Waals surface area contributed by atoms with E-state index in [-0.39, 0.29) is 6.61 Å². The number of aromatic nitrogens is 3. The van der Waals surface area contributed by atoms with E-state index < -0.39 is 5.63 Å². The number of rotatable bonds is 5. The van der Waals surface area contributed by atoms with Crippen LogP contribution in [-0.4, -0.2) is 20.3 Å². The van der Waals surface area contributed by atoms with Gasteiger partial charge < -0.3 is 14.8 Å². The lowest BCUT2D eigenvalue weighted by Crippen LogP contribution is -2.05. The van der Waals surface area contributed by atoms with Crippen molar-refractivity contribution in [3.8, 4) is 10.6 Å². The van der Waals surface area contributed by atoms with Crippen molar-refractivity contribution in [3.05, 3.63) is 63.8 Å². The standard InChI is InChI=1S/C20H18N4O3S/c1-3-12-5-4-6-14(7-12)22-20-24-23-18(28-20)16-8-15-13(10-25)9-21-11(2)17(15)27-19(16)26/h4-9,25H,3,10H2,1-2H3,(H,22,24). The summed E-state index contributed by atoms with van der Waals surface area (Å²) >= 11 is 1.26. The van der Waals surface area contributed by atoms with Gasteiger partial charge in [0.1, 0.15) is 0 Å². The van der Waals surface area contributed by atoms with Crippen LogP contribution in [0.5, 0.6) is 0 Å². The van der Waals surface area contributed by atoms with Gasteiger partial charge in [-0.05, 0) is 37.1 Å². The van der Waals surface area contributed by atoms with E-state index in [1.165, 1.54) is 16.9 Å². The predicted molar refractivity (Wildman–Crippen MR) is 109 cm³/mol. The van der Waals surface area contributed by atoms with Crippen LogP contribution in [0.1, 0.15) is 23.7 Å². The van der Waals surface area contributed by atoms with Gasteiger partial charge in [0.15, 0.2) is 10.6 Å². The second kappa shape index (κ2) is 7.49. The number of hydrogen-bond donors (Lipinski definition) is 2. The summed E-state index contributed by atoms with van der Waals surface area (Å²) in [5.41, 5.74) is 3.47. The molecule has 142 valence electrons. The number of nitrogens with one attached hydrogen (secondary N) is 1. The maximum Gasteiger partial charge on any atom is 0.346 e. The van der Waals surface area contributed by atoms with Crippen LogP contribution < -0.4 is 10.9 Å². The molecule has 8 heteroatoms. The first kappa shape index (κ1) is 18.3. The number of fused-ring (bicyclic) bond motifs is 1. The van der Waals surface area contributed by atoms with Crippen molar-refractivity contribution in [2.24, 2.45) is 0 Å². The Bertz CT molecular complexity index is 1220. The lowest BCUT2D eigenvalue weighted by Gasteiger charge is -2.06. The van der Waals surface area contributed by atoms with Crippen LogP contribution in [0.25, 0.3) is 21.5 Å². The van der Waals surface area contributed by atoms with Crippen LogP contribution in [0.2, 0.25) is 0 Å². The fourth-order valence-electron chi connectivity index (χ4n) is 2.93. The molecule has 4 rings (SSSR count). The Morgan fingerprint density at radius 1 is 1.25 bits per heavy atom. The van der Waals surface area contributed by atoms with Crippen molar-refractivity contribution in [2.45, 2.75) is 26.9 Å². The number of aryl methyl sites for hydroxylation is 2. The van der Waals surface area contributed by atoms with Crippen molar-refractivity contribution < 1.29 is 9.52 Å². The summed E-state index contributed by atoms with van der Waals surface area (Å²) in [6.45, 7) is 3.65. The number of anilines is 2. The summed E-state index contributed by atoms with van der Waals surface area (Å²) in [4.78, 5) is 16.7. The summed E-state index contributed by atoms with van der Waals surface area (Å²) < 4.78 is 5.47. The van der Waals surface area contributed by atoms with Gasteiger partial charge >= 0.3 is 5.63 Å². The molecule has 0 fully saturated rings. The molecule has 0 aliphatic rings. The van der Waals surface area contributed by atoms with E-state index in [9.17, 15) is 9.90 Å². The monoisotopic (exact) mass is 394 g/mol. The van der Waals surface area contributed by atoms with Crippen LogP contribution in [0, 0.1) is 6.92 Å². The Balaban J connectivity index is 1.73. The Morgan fingerprint density at radius 3 is 2.89 bits per heavy atom. The number of nitrogens with zero attached hydrogens (tertiary/aromatic N) is 3. The van der Waals surface area contributed by atoms with Crippen molar-refractivity contribution in [1.82, 2.24) is 15.2 Å². The minimum Gasteiger partial charge on any atom is -0.420 e. The number of benzene rings is 1. The van der Waals surface area contributed by atoms with E-state index in [1.807, 2.05) is 12.1 Å². The van der Waals surface area contributed by atoms with Crippen molar-refractivity contribution in [1.29, 1.82) is 0 Å². The topological polar surface area (TPSA) is 101 Å². The second-order valence-corrected chi connectivity index (χ2v) is 7.29. The van der Waals surface area contributed by atoms with Gasteiger partial charge in [0.05, 0.1) is 17.9 Å². The molecule has 28 heavy (non-hydrogen) atoms. The number of aliphatic hydroxyl groups is 1. The van der Waals surface area contributed by atoms with E-state index >= 15 is 0 Å². The summed E-state index contributed by atoms with van der Waals surface area (Å²) in [5.74, 6) is 0. The average Bonchev–Trinajstić information content (AvgIpc) is 3.16. The SMILES string of the molecule is CCc1cccc(Nc2nnc(-c3cc4c(CO)cnc(C)c4oc3=O)s2)c1. The first-order valence-electron chi connectivity index (χ1n) is 8.82. The highest BCUT2D eigenvalue weighted by molar-refractivity contribution is 7.18. The van der Waals surface area contributed by atoms with E-state index in [2.05, 4.69) is 39.6 Å². The van der Waals surface area contributed by atoms with Gasteiger partial charge in [-0.25, -0.2) is 4.79 Å². The molecular formula is C20H18N4O3S. The van der Waals surface area contributed by atoms with Crippen molar-refractivity contribution in [3.63, 3.8) is 0 Å². The number of pyridine rings is 1. The highest BCUT2D eigenvalue weighted by atomic mass is 32.1. The maximum absolute atomic E-state index is 12.5. The number of aliphatic hydroxyl groups excluding tert-OH is 1. The molecule has 0 saturated carbocycles. The van der Waals surface area contributed by atoms with Gasteiger partial charge in [-0.3, -0.25) is 4.98 Å². The third-order valence-electron chi connectivity index (χ3n) is 4.45. The molecular weight excluding hydrogens is 376 g/mol. The molecule has 0 bridgehead atoms. The molecule has 0 radical (unpaired) electrons. The summed E-state index contributed by atoms with van der Waals surface area (Å²) in [5, 5.41) is 22.7. The van der Waals surface area contributed by atoms with E-state index in [4.69, 9.17) is 4.42 Å². The normalized spacial score (nSPS) is 11.1. The molecule has 4 aromatic rings. The fourth-order valence-corrected chi connectivity index (χ4v) is 3.70. The molecule has 3 heterocycles. The zero-order chi connectivity index (χ0) is 19.7. The first-order valence-corrected chi connectivity index (χ1v) is 9.63. The van der Waals surface area contributed by atoms with Gasteiger partial charge in [0.2, 0.25) is 5.13 Å². The summed E-state index contributed by atoms with van der Waals surface area (Å²) in [6.07, 6.45) is 2.52. The molecule has 0 unspecified atom stereocenters. The highest BCUT2D eigenvalue weighted by Gasteiger charge is 2.16. The quantitative estimate of drug-likeness (QED) is 0.531. The molecule has 3 aromatic heterocycles. The molecule has 0 aliphatic heterocycles. The van der Waals surface area contributed by atoms with Crippen LogP contribution in [0.15, 0.2) is 45.7 Å². The van der Waals surface area contributed by atoms with E-state index in [0.29, 0.717) is 37.9 Å². The maximum atomic E-state index is 12.5. The number of hydrogen-bond acceptors (Lipinski definition) is 8. The Hall–Kier alpha value is -3.10. The molecule has 1 aromatic carbocycles. The lowest BCUT2D eigenvalue weighted by molar-refractivity contribution is 0.282. The van der Waals surface area contributed by atoms with Gasteiger partial charge in [0, 0.05) is 22.8 Å². The highest BCUT2D eigenvalue weighted by Crippen LogP contribution is 2.30. The van der Waals surface area contributed by atoms with Gasteiger partial charge in [-0.1, -0.05) is 30.4 Å². The molecule has 0 spiro atoms. The fraction of sp³-hybridized carbons (Fsp3) is 0.200. The third-order valence-corrected chi connectivity index (χ3v) is 5.32. The predicted octanol–water partition coefficient (Wildman–Crippen LogP) is 3.81. The van der Waals surface area contributed by atoms with Gasteiger partial charge in [-0.2, -0.15) is 0 Å². The smallest absolute Gasteiger partial charge is 0.346 e. The van der Waals surface area contributed by atoms with Crippen LogP contribution in [-0.2, 0) is 13.0 Å². The molecule has 0 aliphatic carbocycles. The Labute approximate surface area is 164 Å². The van der Waals surface area contributed by atoms with E-state index in [0.717, 1.165) is 12.1 Å². The minimum atomic E-state index is -0.511. The second-order valence-electron chi connectivity index (χ2n) is 6.31.